The minimum atomic E-state index is 0.478. The van der Waals surface area contributed by atoms with Crippen molar-refractivity contribution in [2.24, 2.45) is 0 Å². The van der Waals surface area contributed by atoms with Crippen LogP contribution in [0.1, 0.15) is 5.56 Å². The van der Waals surface area contributed by atoms with Gasteiger partial charge < -0.3 is 10.3 Å². The molecule has 0 saturated heterocycles. The molecule has 0 amide bonds. The molecule has 2 rings (SSSR count). The zero-order chi connectivity index (χ0) is 10.5. The molecular weight excluding hydrogens is 208 g/mol. The van der Waals surface area contributed by atoms with Crippen molar-refractivity contribution in [1.29, 1.82) is 0 Å². The Morgan fingerprint density at radius 3 is 3.00 bits per heavy atom. The van der Waals surface area contributed by atoms with E-state index in [1.165, 1.54) is 0 Å². The Hall–Kier alpha value is -1.75. The Morgan fingerprint density at radius 2 is 2.27 bits per heavy atom. The van der Waals surface area contributed by atoms with Crippen molar-refractivity contribution in [3.05, 3.63) is 47.1 Å². The standard InChI is InChI=1S/C10H10N4S/c15-10-12-5-3-9(14-10)13-7-8-2-1-4-11-6-8/h1-6H,7H2,(H2,12,13,14,15). The zero-order valence-corrected chi connectivity index (χ0v) is 8.79. The third kappa shape index (κ3) is 2.85. The molecule has 2 N–H and O–H groups in total. The van der Waals surface area contributed by atoms with Crippen molar-refractivity contribution in [2.75, 3.05) is 5.32 Å². The molecule has 0 aliphatic heterocycles. The van der Waals surface area contributed by atoms with Crippen molar-refractivity contribution >= 4 is 18.0 Å². The van der Waals surface area contributed by atoms with E-state index in [-0.39, 0.29) is 0 Å². The predicted octanol–water partition coefficient (Wildman–Crippen LogP) is 2.15. The summed E-state index contributed by atoms with van der Waals surface area (Å²) in [6, 6.07) is 5.76. The van der Waals surface area contributed by atoms with Gasteiger partial charge in [-0.05, 0) is 29.9 Å². The first kappa shape index (κ1) is 9.79. The number of pyridine rings is 1. The van der Waals surface area contributed by atoms with Crippen molar-refractivity contribution in [3.63, 3.8) is 0 Å². The van der Waals surface area contributed by atoms with Gasteiger partial charge in [-0.1, -0.05) is 6.07 Å². The van der Waals surface area contributed by atoms with Gasteiger partial charge in [0.15, 0.2) is 4.77 Å². The summed E-state index contributed by atoms with van der Waals surface area (Å²) in [7, 11) is 0. The number of nitrogens with zero attached hydrogens (tertiary/aromatic N) is 2. The average Bonchev–Trinajstić information content (AvgIpc) is 2.28. The highest BCUT2D eigenvalue weighted by molar-refractivity contribution is 7.71. The summed E-state index contributed by atoms with van der Waals surface area (Å²) in [5, 5.41) is 3.20. The summed E-state index contributed by atoms with van der Waals surface area (Å²) in [4.78, 5) is 10.9. The summed E-state index contributed by atoms with van der Waals surface area (Å²) in [5.74, 6) is 0.860. The Morgan fingerprint density at radius 1 is 1.33 bits per heavy atom. The molecule has 0 unspecified atom stereocenters. The average molecular weight is 218 g/mol. The van der Waals surface area contributed by atoms with E-state index in [4.69, 9.17) is 12.2 Å². The van der Waals surface area contributed by atoms with Crippen molar-refractivity contribution in [1.82, 2.24) is 15.0 Å². The van der Waals surface area contributed by atoms with Crippen molar-refractivity contribution in [2.45, 2.75) is 6.54 Å². The monoisotopic (exact) mass is 218 g/mol. The van der Waals surface area contributed by atoms with E-state index in [9.17, 15) is 0 Å². The first-order valence-electron chi connectivity index (χ1n) is 4.53. The van der Waals surface area contributed by atoms with Gasteiger partial charge in [-0.2, -0.15) is 0 Å². The molecule has 0 bridgehead atoms. The van der Waals surface area contributed by atoms with Crippen LogP contribution in [-0.2, 0) is 6.54 Å². The summed E-state index contributed by atoms with van der Waals surface area (Å²) >= 11 is 4.91. The Kier molecular flexibility index (Phi) is 3.04. The van der Waals surface area contributed by atoms with Crippen LogP contribution in [0.2, 0.25) is 0 Å². The number of anilines is 1. The first-order chi connectivity index (χ1) is 7.34. The highest BCUT2D eigenvalue weighted by atomic mass is 32.1. The SMILES string of the molecule is S=c1nccc(NCc2cccnc2)[nH]1. The van der Waals surface area contributed by atoms with Gasteiger partial charge in [0.25, 0.3) is 0 Å². The fourth-order valence-corrected chi connectivity index (χ4v) is 1.34. The molecule has 0 radical (unpaired) electrons. The fourth-order valence-electron chi connectivity index (χ4n) is 1.17. The van der Waals surface area contributed by atoms with E-state index in [0.29, 0.717) is 11.3 Å². The van der Waals surface area contributed by atoms with Gasteiger partial charge in [0.1, 0.15) is 5.82 Å². The molecular formula is C10H10N4S. The molecule has 4 nitrogen and oxygen atoms in total. The molecule has 2 heterocycles. The van der Waals surface area contributed by atoms with E-state index in [1.54, 1.807) is 12.4 Å². The summed E-state index contributed by atoms with van der Waals surface area (Å²) in [6.45, 7) is 0.711. The number of nitrogens with one attached hydrogen (secondary N) is 2. The number of hydrogen-bond donors (Lipinski definition) is 2. The molecule has 2 aromatic heterocycles. The normalized spacial score (nSPS) is 9.87. The molecule has 5 heteroatoms. The summed E-state index contributed by atoms with van der Waals surface area (Å²) in [5.41, 5.74) is 1.12. The molecule has 0 aliphatic carbocycles. The maximum absolute atomic E-state index is 4.91. The Labute approximate surface area is 92.4 Å². The molecule has 2 aromatic rings. The Balaban J connectivity index is 2.02. The van der Waals surface area contributed by atoms with E-state index in [0.717, 1.165) is 11.4 Å². The third-order valence-corrected chi connectivity index (χ3v) is 2.09. The lowest BCUT2D eigenvalue weighted by Gasteiger charge is -2.04. The zero-order valence-electron chi connectivity index (χ0n) is 7.97. The maximum Gasteiger partial charge on any atom is 0.198 e. The van der Waals surface area contributed by atoms with Crippen LogP contribution in [0, 0.1) is 4.77 Å². The van der Waals surface area contributed by atoms with Crippen molar-refractivity contribution < 1.29 is 0 Å². The van der Waals surface area contributed by atoms with Gasteiger partial charge in [0.05, 0.1) is 0 Å². The molecule has 0 fully saturated rings. The topological polar surface area (TPSA) is 53.6 Å². The number of aromatic nitrogens is 3. The lowest BCUT2D eigenvalue weighted by atomic mass is 10.3. The predicted molar refractivity (Wildman–Crippen MR) is 61.0 cm³/mol. The second kappa shape index (κ2) is 4.65. The molecule has 0 aliphatic rings. The highest BCUT2D eigenvalue weighted by Crippen LogP contribution is 2.03. The van der Waals surface area contributed by atoms with Gasteiger partial charge >= 0.3 is 0 Å². The number of H-pyrrole nitrogens is 1. The van der Waals surface area contributed by atoms with Gasteiger partial charge in [-0.25, -0.2) is 4.98 Å². The van der Waals surface area contributed by atoms with Crippen LogP contribution >= 0.6 is 12.2 Å². The van der Waals surface area contributed by atoms with Crippen LogP contribution in [0.15, 0.2) is 36.8 Å². The van der Waals surface area contributed by atoms with E-state index in [2.05, 4.69) is 20.3 Å². The second-order valence-corrected chi connectivity index (χ2v) is 3.39. The summed E-state index contributed by atoms with van der Waals surface area (Å²) < 4.78 is 0.478. The van der Waals surface area contributed by atoms with E-state index in [1.807, 2.05) is 24.4 Å². The fraction of sp³-hybridized carbons (Fsp3) is 0.100. The third-order valence-electron chi connectivity index (χ3n) is 1.88. The molecule has 15 heavy (non-hydrogen) atoms. The smallest absolute Gasteiger partial charge is 0.198 e. The number of rotatable bonds is 3. The van der Waals surface area contributed by atoms with Gasteiger partial charge in [-0.3, -0.25) is 4.98 Å². The minimum absolute atomic E-state index is 0.478. The lowest BCUT2D eigenvalue weighted by Crippen LogP contribution is -2.01. The Bertz CT molecular complexity index is 480. The van der Waals surface area contributed by atoms with Gasteiger partial charge in [-0.15, -0.1) is 0 Å². The first-order valence-corrected chi connectivity index (χ1v) is 4.93. The van der Waals surface area contributed by atoms with Crippen LogP contribution in [0.25, 0.3) is 0 Å². The molecule has 0 spiro atoms. The van der Waals surface area contributed by atoms with Crippen LogP contribution in [0.4, 0.5) is 5.82 Å². The highest BCUT2D eigenvalue weighted by Gasteiger charge is 1.93. The number of hydrogen-bond acceptors (Lipinski definition) is 4. The van der Waals surface area contributed by atoms with Crippen LogP contribution in [-0.4, -0.2) is 15.0 Å². The van der Waals surface area contributed by atoms with Crippen molar-refractivity contribution in [3.8, 4) is 0 Å². The van der Waals surface area contributed by atoms with Crippen LogP contribution < -0.4 is 5.32 Å². The quantitative estimate of drug-likeness (QED) is 0.775. The van der Waals surface area contributed by atoms with Crippen LogP contribution in [0.3, 0.4) is 0 Å². The van der Waals surface area contributed by atoms with Crippen LogP contribution in [0.5, 0.6) is 0 Å². The largest absolute Gasteiger partial charge is 0.367 e. The lowest BCUT2D eigenvalue weighted by molar-refractivity contribution is 1.05. The maximum atomic E-state index is 4.91. The minimum Gasteiger partial charge on any atom is -0.367 e. The number of aromatic amines is 1. The summed E-state index contributed by atoms with van der Waals surface area (Å²) in [6.07, 6.45) is 5.25. The van der Waals surface area contributed by atoms with Gasteiger partial charge in [0.2, 0.25) is 0 Å². The molecule has 0 saturated carbocycles. The van der Waals surface area contributed by atoms with Gasteiger partial charge in [0, 0.05) is 25.1 Å². The molecule has 0 atom stereocenters. The second-order valence-electron chi connectivity index (χ2n) is 3.00. The molecule has 76 valence electrons. The molecule has 0 aromatic carbocycles. The van der Waals surface area contributed by atoms with E-state index < -0.39 is 0 Å². The van der Waals surface area contributed by atoms with E-state index >= 15 is 0 Å².